The first-order chi connectivity index (χ1) is 7.90. The van der Waals surface area contributed by atoms with Crippen LogP contribution >= 0.6 is 11.8 Å². The zero-order valence-corrected chi connectivity index (χ0v) is 9.61. The van der Waals surface area contributed by atoms with Crippen LogP contribution in [-0.4, -0.2) is 21.4 Å². The zero-order valence-electron chi connectivity index (χ0n) is 8.80. The maximum atomic E-state index is 10.9. The van der Waals surface area contributed by atoms with E-state index >= 15 is 0 Å². The summed E-state index contributed by atoms with van der Waals surface area (Å²) < 4.78 is 2.05. The van der Waals surface area contributed by atoms with E-state index in [1.54, 1.807) is 6.20 Å². The number of aromatic nitrogens is 2. The Morgan fingerprint density at radius 3 is 3.25 bits per heavy atom. The summed E-state index contributed by atoms with van der Waals surface area (Å²) >= 11 is 1.96. The maximum absolute atomic E-state index is 10.9. The summed E-state index contributed by atoms with van der Waals surface area (Å²) in [4.78, 5) is 15.4. The lowest BCUT2D eigenvalue weighted by molar-refractivity contribution is 0.112. The van der Waals surface area contributed by atoms with Crippen LogP contribution in [0.5, 0.6) is 0 Å². The molecule has 1 aliphatic rings. The molecule has 82 valence electrons. The number of thioether (sulfide) groups is 1. The molecule has 16 heavy (non-hydrogen) atoms. The lowest BCUT2D eigenvalue weighted by Gasteiger charge is -2.07. The van der Waals surface area contributed by atoms with Crippen LogP contribution in [0.15, 0.2) is 24.5 Å². The minimum absolute atomic E-state index is 0.490. The molecule has 2 aromatic heterocycles. The first-order valence-electron chi connectivity index (χ1n) is 5.43. The molecule has 4 heteroatoms. The second kappa shape index (κ2) is 3.94. The fourth-order valence-corrected chi connectivity index (χ4v) is 3.46. The summed E-state index contributed by atoms with van der Waals surface area (Å²) in [6, 6.07) is 3.73. The average Bonchev–Trinajstić information content (AvgIpc) is 2.96. The van der Waals surface area contributed by atoms with Crippen LogP contribution in [0.2, 0.25) is 0 Å². The van der Waals surface area contributed by atoms with Crippen LogP contribution in [-0.2, 0) is 0 Å². The molecule has 0 aromatic carbocycles. The molecule has 3 rings (SSSR count). The van der Waals surface area contributed by atoms with Crippen molar-refractivity contribution in [3.63, 3.8) is 0 Å². The normalized spacial score (nSPS) is 20.4. The summed E-state index contributed by atoms with van der Waals surface area (Å²) in [7, 11) is 0. The van der Waals surface area contributed by atoms with Crippen LogP contribution in [0.1, 0.15) is 34.3 Å². The van der Waals surface area contributed by atoms with E-state index in [0.717, 1.165) is 17.6 Å². The molecule has 1 aliphatic heterocycles. The van der Waals surface area contributed by atoms with Gasteiger partial charge in [0.1, 0.15) is 5.82 Å². The van der Waals surface area contributed by atoms with E-state index in [1.807, 2.05) is 34.5 Å². The third kappa shape index (κ3) is 1.45. The molecule has 2 aromatic rings. The molecule has 1 fully saturated rings. The molecule has 0 aliphatic carbocycles. The number of hydrogen-bond acceptors (Lipinski definition) is 3. The summed E-state index contributed by atoms with van der Waals surface area (Å²) in [6.07, 6.45) is 7.14. The molecule has 3 nitrogen and oxygen atoms in total. The van der Waals surface area contributed by atoms with E-state index in [1.165, 1.54) is 18.6 Å². The summed E-state index contributed by atoms with van der Waals surface area (Å²) in [6.45, 7) is 0. The SMILES string of the molecule is O=Cc1cccn2c(C3CCCS3)ncc12. The number of imidazole rings is 1. The van der Waals surface area contributed by atoms with Gasteiger partial charge in [0.25, 0.3) is 0 Å². The van der Waals surface area contributed by atoms with Gasteiger partial charge >= 0.3 is 0 Å². The highest BCUT2D eigenvalue weighted by atomic mass is 32.2. The Hall–Kier alpha value is -1.29. The van der Waals surface area contributed by atoms with Gasteiger partial charge < -0.3 is 4.40 Å². The monoisotopic (exact) mass is 232 g/mol. The molecular formula is C12H12N2OS. The highest BCUT2D eigenvalue weighted by Crippen LogP contribution is 2.39. The van der Waals surface area contributed by atoms with Crippen molar-refractivity contribution in [2.45, 2.75) is 18.1 Å². The Labute approximate surface area is 97.9 Å². The summed E-state index contributed by atoms with van der Waals surface area (Å²) in [5.41, 5.74) is 1.63. The van der Waals surface area contributed by atoms with Crippen molar-refractivity contribution >= 4 is 23.6 Å². The first kappa shape index (κ1) is 9.90. The van der Waals surface area contributed by atoms with Crippen molar-refractivity contribution in [2.24, 2.45) is 0 Å². The highest BCUT2D eigenvalue weighted by Gasteiger charge is 2.22. The van der Waals surface area contributed by atoms with Crippen molar-refractivity contribution in [1.82, 2.24) is 9.38 Å². The van der Waals surface area contributed by atoms with Crippen molar-refractivity contribution < 1.29 is 4.79 Å². The van der Waals surface area contributed by atoms with Gasteiger partial charge in [0.05, 0.1) is 17.0 Å². The van der Waals surface area contributed by atoms with E-state index in [9.17, 15) is 4.79 Å². The van der Waals surface area contributed by atoms with E-state index in [2.05, 4.69) is 4.98 Å². The molecule has 0 bridgehead atoms. The number of rotatable bonds is 2. The number of hydrogen-bond donors (Lipinski definition) is 0. The number of aldehydes is 1. The third-order valence-electron chi connectivity index (χ3n) is 2.98. The highest BCUT2D eigenvalue weighted by molar-refractivity contribution is 7.99. The van der Waals surface area contributed by atoms with Gasteiger partial charge in [0.2, 0.25) is 0 Å². The zero-order chi connectivity index (χ0) is 11.0. The minimum atomic E-state index is 0.490. The Morgan fingerprint density at radius 1 is 1.56 bits per heavy atom. The quantitative estimate of drug-likeness (QED) is 0.747. The standard InChI is InChI=1S/C12H12N2OS/c15-8-9-3-1-5-14-10(9)7-13-12(14)11-4-2-6-16-11/h1,3,5,7-8,11H,2,4,6H2. The van der Waals surface area contributed by atoms with E-state index in [0.29, 0.717) is 10.8 Å². The number of carbonyl (C=O) groups excluding carboxylic acids is 1. The van der Waals surface area contributed by atoms with Gasteiger partial charge in [-0.1, -0.05) is 0 Å². The second-order valence-electron chi connectivity index (χ2n) is 3.95. The lowest BCUT2D eigenvalue weighted by atomic mass is 10.2. The minimum Gasteiger partial charge on any atom is -0.302 e. The van der Waals surface area contributed by atoms with Crippen LogP contribution < -0.4 is 0 Å². The molecule has 3 heterocycles. The van der Waals surface area contributed by atoms with Gasteiger partial charge in [-0.05, 0) is 30.7 Å². The molecule has 1 unspecified atom stereocenters. The number of pyridine rings is 1. The van der Waals surface area contributed by atoms with Crippen molar-refractivity contribution in [3.05, 3.63) is 35.9 Å². The Morgan fingerprint density at radius 2 is 2.50 bits per heavy atom. The number of fused-ring (bicyclic) bond motifs is 1. The van der Waals surface area contributed by atoms with E-state index < -0.39 is 0 Å². The van der Waals surface area contributed by atoms with Gasteiger partial charge in [-0.15, -0.1) is 0 Å². The van der Waals surface area contributed by atoms with E-state index in [-0.39, 0.29) is 0 Å². The third-order valence-corrected chi connectivity index (χ3v) is 4.35. The predicted molar refractivity (Wildman–Crippen MR) is 65.0 cm³/mol. The van der Waals surface area contributed by atoms with Crippen molar-refractivity contribution in [2.75, 3.05) is 5.75 Å². The summed E-state index contributed by atoms with van der Waals surface area (Å²) in [5.74, 6) is 2.30. The Balaban J connectivity index is 2.16. The lowest BCUT2D eigenvalue weighted by Crippen LogP contribution is -1.98. The van der Waals surface area contributed by atoms with Gasteiger partial charge in [0.15, 0.2) is 6.29 Å². The van der Waals surface area contributed by atoms with Crippen LogP contribution in [0.4, 0.5) is 0 Å². The molecule has 1 saturated heterocycles. The molecule has 0 radical (unpaired) electrons. The predicted octanol–water partition coefficient (Wildman–Crippen LogP) is 2.71. The van der Waals surface area contributed by atoms with Crippen LogP contribution in [0.25, 0.3) is 5.52 Å². The largest absolute Gasteiger partial charge is 0.302 e. The maximum Gasteiger partial charge on any atom is 0.152 e. The first-order valence-corrected chi connectivity index (χ1v) is 6.48. The second-order valence-corrected chi connectivity index (χ2v) is 5.27. The van der Waals surface area contributed by atoms with Gasteiger partial charge in [-0.2, -0.15) is 11.8 Å². The Kier molecular flexibility index (Phi) is 2.44. The average molecular weight is 232 g/mol. The molecule has 0 saturated carbocycles. The molecule has 1 atom stereocenters. The van der Waals surface area contributed by atoms with Gasteiger partial charge in [-0.25, -0.2) is 4.98 Å². The van der Waals surface area contributed by atoms with Crippen molar-refractivity contribution in [1.29, 1.82) is 0 Å². The van der Waals surface area contributed by atoms with E-state index in [4.69, 9.17) is 0 Å². The Bertz CT molecular complexity index is 529. The van der Waals surface area contributed by atoms with Crippen molar-refractivity contribution in [3.8, 4) is 0 Å². The summed E-state index contributed by atoms with van der Waals surface area (Å²) in [5, 5.41) is 0.490. The number of nitrogens with zero attached hydrogens (tertiary/aromatic N) is 2. The fraction of sp³-hybridized carbons (Fsp3) is 0.333. The molecule has 0 amide bonds. The fourth-order valence-electron chi connectivity index (χ4n) is 2.18. The van der Waals surface area contributed by atoms with Gasteiger partial charge in [0, 0.05) is 11.8 Å². The topological polar surface area (TPSA) is 34.4 Å². The smallest absolute Gasteiger partial charge is 0.152 e. The molecule has 0 spiro atoms. The molecule has 0 N–H and O–H groups in total. The molecular weight excluding hydrogens is 220 g/mol. The van der Waals surface area contributed by atoms with Crippen LogP contribution in [0.3, 0.4) is 0 Å². The van der Waals surface area contributed by atoms with Crippen LogP contribution in [0, 0.1) is 0 Å². The van der Waals surface area contributed by atoms with Gasteiger partial charge in [-0.3, -0.25) is 4.79 Å². The number of carbonyl (C=O) groups is 1.